The molecule has 0 bridgehead atoms. The highest BCUT2D eigenvalue weighted by Gasteiger charge is 2.27. The molecule has 2 aromatic carbocycles. The summed E-state index contributed by atoms with van der Waals surface area (Å²) in [5.41, 5.74) is 1.62. The number of nitrogens with one attached hydrogen (secondary N) is 1. The zero-order valence-electron chi connectivity index (χ0n) is 17.9. The molecule has 0 unspecified atom stereocenters. The number of hydrogen-bond donors (Lipinski definition) is 1. The van der Waals surface area contributed by atoms with Gasteiger partial charge in [0.15, 0.2) is 0 Å². The lowest BCUT2D eigenvalue weighted by molar-refractivity contribution is -0.157. The average molecular weight is 411 g/mol. The van der Waals surface area contributed by atoms with Gasteiger partial charge in [-0.1, -0.05) is 48.0 Å². The molecular weight excluding hydrogens is 382 g/mol. The summed E-state index contributed by atoms with van der Waals surface area (Å²) in [6.45, 7) is 7.33. The van der Waals surface area contributed by atoms with Crippen molar-refractivity contribution in [1.29, 1.82) is 0 Å². The second-order valence-electron chi connectivity index (χ2n) is 8.11. The molecule has 160 valence electrons. The first-order valence-electron chi connectivity index (χ1n) is 9.94. The van der Waals surface area contributed by atoms with Gasteiger partial charge in [-0.05, 0) is 51.8 Å². The van der Waals surface area contributed by atoms with Gasteiger partial charge in [-0.3, -0.25) is 9.59 Å². The second-order valence-corrected chi connectivity index (χ2v) is 8.11. The number of aryl methyl sites for hydroxylation is 1. The monoisotopic (exact) mass is 411 g/mol. The Bertz CT molecular complexity index is 853. The van der Waals surface area contributed by atoms with Crippen LogP contribution in [0.4, 0.5) is 0 Å². The van der Waals surface area contributed by atoms with Crippen LogP contribution in [0.3, 0.4) is 0 Å². The van der Waals surface area contributed by atoms with Crippen molar-refractivity contribution in [2.45, 2.75) is 58.8 Å². The van der Waals surface area contributed by atoms with E-state index in [0.29, 0.717) is 5.56 Å². The summed E-state index contributed by atoms with van der Waals surface area (Å²) in [7, 11) is 0. The van der Waals surface area contributed by atoms with Gasteiger partial charge in [0, 0.05) is 12.0 Å². The Hall–Kier alpha value is -3.15. The number of esters is 2. The summed E-state index contributed by atoms with van der Waals surface area (Å²) < 4.78 is 10.7. The van der Waals surface area contributed by atoms with Crippen molar-refractivity contribution < 1.29 is 23.9 Å². The van der Waals surface area contributed by atoms with E-state index in [9.17, 15) is 14.4 Å². The molecule has 0 heterocycles. The van der Waals surface area contributed by atoms with Crippen LogP contribution in [-0.2, 0) is 25.7 Å². The van der Waals surface area contributed by atoms with Crippen LogP contribution in [0.25, 0.3) is 0 Å². The summed E-state index contributed by atoms with van der Waals surface area (Å²) in [4.78, 5) is 37.3. The predicted octanol–water partition coefficient (Wildman–Crippen LogP) is 3.96. The van der Waals surface area contributed by atoms with E-state index in [1.54, 1.807) is 32.9 Å². The molecule has 1 atom stereocenters. The zero-order valence-corrected chi connectivity index (χ0v) is 17.9. The SMILES string of the molecule is Cc1ccc(C(=O)N[C@@H](CCC(=O)OCc2ccccc2)C(=O)OC(C)(C)C)cc1. The lowest BCUT2D eigenvalue weighted by Gasteiger charge is -2.24. The summed E-state index contributed by atoms with van der Waals surface area (Å²) in [5.74, 6) is -1.43. The molecule has 2 aromatic rings. The van der Waals surface area contributed by atoms with Crippen molar-refractivity contribution in [3.8, 4) is 0 Å². The minimum Gasteiger partial charge on any atom is -0.461 e. The molecule has 0 aliphatic carbocycles. The summed E-state index contributed by atoms with van der Waals surface area (Å²) in [5, 5.41) is 2.68. The van der Waals surface area contributed by atoms with Crippen LogP contribution >= 0.6 is 0 Å². The van der Waals surface area contributed by atoms with E-state index in [1.807, 2.05) is 49.4 Å². The largest absolute Gasteiger partial charge is 0.461 e. The molecule has 6 heteroatoms. The molecule has 0 aliphatic heterocycles. The maximum Gasteiger partial charge on any atom is 0.329 e. The molecule has 2 rings (SSSR count). The third kappa shape index (κ3) is 8.07. The Morgan fingerprint density at radius 1 is 0.967 bits per heavy atom. The maximum absolute atomic E-state index is 12.6. The topological polar surface area (TPSA) is 81.7 Å². The number of amides is 1. The van der Waals surface area contributed by atoms with Crippen molar-refractivity contribution in [1.82, 2.24) is 5.32 Å². The Kier molecular flexibility index (Phi) is 8.16. The van der Waals surface area contributed by atoms with Crippen LogP contribution in [0.1, 0.15) is 55.1 Å². The number of carbonyl (C=O) groups excluding carboxylic acids is 3. The van der Waals surface area contributed by atoms with Gasteiger partial charge in [0.2, 0.25) is 0 Å². The van der Waals surface area contributed by atoms with Gasteiger partial charge in [0.25, 0.3) is 5.91 Å². The highest BCUT2D eigenvalue weighted by atomic mass is 16.6. The van der Waals surface area contributed by atoms with Crippen LogP contribution in [0.2, 0.25) is 0 Å². The molecule has 1 N–H and O–H groups in total. The maximum atomic E-state index is 12.6. The fraction of sp³-hybridized carbons (Fsp3) is 0.375. The molecule has 0 aliphatic rings. The fourth-order valence-electron chi connectivity index (χ4n) is 2.64. The molecule has 0 saturated heterocycles. The molecular formula is C24H29NO5. The zero-order chi connectivity index (χ0) is 22.1. The summed E-state index contributed by atoms with van der Waals surface area (Å²) in [6, 6.07) is 15.4. The van der Waals surface area contributed by atoms with Crippen LogP contribution in [0.15, 0.2) is 54.6 Å². The third-order valence-electron chi connectivity index (χ3n) is 4.19. The van der Waals surface area contributed by atoms with E-state index in [1.165, 1.54) is 0 Å². The molecule has 0 radical (unpaired) electrons. The summed E-state index contributed by atoms with van der Waals surface area (Å²) >= 11 is 0. The van der Waals surface area contributed by atoms with Gasteiger partial charge in [0.05, 0.1) is 0 Å². The molecule has 0 fully saturated rings. The van der Waals surface area contributed by atoms with Crippen LogP contribution in [0.5, 0.6) is 0 Å². The highest BCUT2D eigenvalue weighted by Crippen LogP contribution is 2.13. The Labute approximate surface area is 177 Å². The normalized spacial score (nSPS) is 12.0. The van der Waals surface area contributed by atoms with E-state index >= 15 is 0 Å². The van der Waals surface area contributed by atoms with Gasteiger partial charge in [-0.15, -0.1) is 0 Å². The summed E-state index contributed by atoms with van der Waals surface area (Å²) in [6.07, 6.45) is 0.0606. The Morgan fingerprint density at radius 3 is 2.20 bits per heavy atom. The van der Waals surface area contributed by atoms with Gasteiger partial charge in [-0.2, -0.15) is 0 Å². The van der Waals surface area contributed by atoms with Crippen LogP contribution in [0, 0.1) is 6.92 Å². The van der Waals surface area contributed by atoms with Gasteiger partial charge >= 0.3 is 11.9 Å². The first-order chi connectivity index (χ1) is 14.1. The first-order valence-corrected chi connectivity index (χ1v) is 9.94. The lowest BCUT2D eigenvalue weighted by atomic mass is 10.1. The van der Waals surface area contributed by atoms with Crippen molar-refractivity contribution in [2.75, 3.05) is 0 Å². The minimum atomic E-state index is -0.956. The number of rotatable bonds is 8. The van der Waals surface area contributed by atoms with Crippen molar-refractivity contribution in [3.63, 3.8) is 0 Å². The van der Waals surface area contributed by atoms with Crippen molar-refractivity contribution >= 4 is 17.8 Å². The predicted molar refractivity (Wildman–Crippen MR) is 114 cm³/mol. The van der Waals surface area contributed by atoms with E-state index < -0.39 is 29.5 Å². The Balaban J connectivity index is 1.98. The third-order valence-corrected chi connectivity index (χ3v) is 4.19. The van der Waals surface area contributed by atoms with Crippen molar-refractivity contribution in [3.05, 3.63) is 71.3 Å². The van der Waals surface area contributed by atoms with Crippen LogP contribution < -0.4 is 5.32 Å². The Morgan fingerprint density at radius 2 is 1.60 bits per heavy atom. The molecule has 30 heavy (non-hydrogen) atoms. The standard InChI is InChI=1S/C24H29NO5/c1-17-10-12-19(13-11-17)22(27)25-20(23(28)30-24(2,3)4)14-15-21(26)29-16-18-8-6-5-7-9-18/h5-13,20H,14-16H2,1-4H3,(H,25,27)/t20-/m0/s1. The van der Waals surface area contributed by atoms with E-state index in [0.717, 1.165) is 11.1 Å². The second kappa shape index (κ2) is 10.6. The smallest absolute Gasteiger partial charge is 0.329 e. The van der Waals surface area contributed by atoms with Crippen LogP contribution in [-0.4, -0.2) is 29.5 Å². The molecule has 0 spiro atoms. The van der Waals surface area contributed by atoms with Crippen molar-refractivity contribution in [2.24, 2.45) is 0 Å². The number of hydrogen-bond acceptors (Lipinski definition) is 5. The van der Waals surface area contributed by atoms with Gasteiger partial charge < -0.3 is 14.8 Å². The molecule has 6 nitrogen and oxygen atoms in total. The number of carbonyl (C=O) groups is 3. The fourth-order valence-corrected chi connectivity index (χ4v) is 2.64. The molecule has 0 aromatic heterocycles. The average Bonchev–Trinajstić information content (AvgIpc) is 2.69. The van der Waals surface area contributed by atoms with E-state index in [4.69, 9.17) is 9.47 Å². The van der Waals surface area contributed by atoms with Gasteiger partial charge in [-0.25, -0.2) is 4.79 Å². The van der Waals surface area contributed by atoms with Gasteiger partial charge in [0.1, 0.15) is 18.2 Å². The highest BCUT2D eigenvalue weighted by molar-refractivity contribution is 5.96. The quantitative estimate of drug-likeness (QED) is 0.665. The number of benzene rings is 2. The molecule has 0 saturated carbocycles. The van der Waals surface area contributed by atoms with E-state index in [-0.39, 0.29) is 19.4 Å². The molecule has 1 amide bonds. The lowest BCUT2D eigenvalue weighted by Crippen LogP contribution is -2.44. The number of ether oxygens (including phenoxy) is 2. The first kappa shape index (κ1) is 23.1. The van der Waals surface area contributed by atoms with E-state index in [2.05, 4.69) is 5.32 Å². The minimum absolute atomic E-state index is 0.0229.